The van der Waals surface area contributed by atoms with E-state index in [1.54, 1.807) is 0 Å². The highest BCUT2D eigenvalue weighted by Crippen LogP contribution is 2.47. The Morgan fingerprint density at radius 1 is 0.667 bits per heavy atom. The minimum Gasteiger partial charge on any atom is -0.473 e. The highest BCUT2D eigenvalue weighted by molar-refractivity contribution is 6.02. The van der Waals surface area contributed by atoms with E-state index in [4.69, 9.17) is 14.2 Å². The van der Waals surface area contributed by atoms with Crippen molar-refractivity contribution in [2.24, 2.45) is 0 Å². The second kappa shape index (κ2) is 10.8. The van der Waals surface area contributed by atoms with Crippen LogP contribution in [-0.2, 0) is 20.5 Å². The fraction of sp³-hybridized carbons (Fsp3) is 0.351. The van der Waals surface area contributed by atoms with Crippen LogP contribution in [0.3, 0.4) is 0 Å². The van der Waals surface area contributed by atoms with E-state index in [1.165, 1.54) is 27.7 Å². The topological polar surface area (TPSA) is 34.2 Å². The average molecular weight is 561 g/mol. The number of hydrogen-bond acceptors (Lipinski definition) is 5. The molecule has 4 aromatic rings. The molecule has 0 aromatic heterocycles. The molecule has 2 fully saturated rings. The molecule has 0 radical (unpaired) electrons. The van der Waals surface area contributed by atoms with Gasteiger partial charge in [0.2, 0.25) is 0 Å². The molecule has 0 N–H and O–H groups in total. The molecular formula is C37H40N2O3. The number of fused-ring (bicyclic) bond motifs is 3. The molecule has 3 aliphatic heterocycles. The molecule has 0 aliphatic carbocycles. The molecule has 0 bridgehead atoms. The molecule has 0 spiro atoms. The van der Waals surface area contributed by atoms with Crippen LogP contribution in [0.5, 0.6) is 5.75 Å². The zero-order valence-electron chi connectivity index (χ0n) is 24.9. The van der Waals surface area contributed by atoms with E-state index in [1.807, 2.05) is 0 Å². The van der Waals surface area contributed by atoms with E-state index >= 15 is 0 Å². The Hall–Kier alpha value is -3.80. The Labute approximate surface area is 249 Å². The highest BCUT2D eigenvalue weighted by Gasteiger charge is 2.39. The molecule has 1 atom stereocenters. The van der Waals surface area contributed by atoms with Crippen LogP contribution in [0.4, 0.5) is 11.4 Å². The van der Waals surface area contributed by atoms with Crippen molar-refractivity contribution in [2.75, 3.05) is 62.4 Å². The highest BCUT2D eigenvalue weighted by atomic mass is 16.5. The molecule has 0 saturated carbocycles. The maximum atomic E-state index is 7.31. The fourth-order valence-electron chi connectivity index (χ4n) is 6.52. The zero-order valence-corrected chi connectivity index (χ0v) is 24.9. The predicted molar refractivity (Wildman–Crippen MR) is 172 cm³/mol. The fourth-order valence-corrected chi connectivity index (χ4v) is 6.52. The number of nitrogens with zero attached hydrogens (tertiary/aromatic N) is 2. The van der Waals surface area contributed by atoms with Crippen LogP contribution in [0.15, 0.2) is 84.9 Å². The van der Waals surface area contributed by atoms with Gasteiger partial charge >= 0.3 is 0 Å². The zero-order chi connectivity index (χ0) is 28.7. The third-order valence-electron chi connectivity index (χ3n) is 8.96. The van der Waals surface area contributed by atoms with Crippen molar-refractivity contribution in [2.45, 2.75) is 31.8 Å². The van der Waals surface area contributed by atoms with E-state index in [0.717, 1.165) is 75.0 Å². The lowest BCUT2D eigenvalue weighted by Crippen LogP contribution is -2.37. The monoisotopic (exact) mass is 560 g/mol. The Bertz CT molecular complexity index is 1610. The molecule has 3 aliphatic rings. The van der Waals surface area contributed by atoms with E-state index in [9.17, 15) is 0 Å². The van der Waals surface area contributed by atoms with Crippen LogP contribution in [-0.4, -0.2) is 52.6 Å². The lowest BCUT2D eigenvalue weighted by Gasteiger charge is -2.38. The molecule has 216 valence electrons. The normalized spacial score (nSPS) is 20.8. The van der Waals surface area contributed by atoms with Crippen molar-refractivity contribution in [3.63, 3.8) is 0 Å². The van der Waals surface area contributed by atoms with Gasteiger partial charge in [0, 0.05) is 65.7 Å². The number of ether oxygens (including phenoxy) is 3. The summed E-state index contributed by atoms with van der Waals surface area (Å²) in [7, 11) is 0. The standard InChI is InChI=1S/C37H40N2O3/c1-36(2,3)28-7-6-8-29(25-28)37(27-11-13-30(14-12-27)38-17-21-40-22-18-38)16-15-33-31-9-4-5-10-32(31)34(26-35(33)42-37)39-19-23-41-24-20-39/h4-16,25-26H,17-24H2,1-3H3. The quantitative estimate of drug-likeness (QED) is 0.265. The predicted octanol–water partition coefficient (Wildman–Crippen LogP) is 7.16. The van der Waals surface area contributed by atoms with E-state index in [2.05, 4.69) is 122 Å². The van der Waals surface area contributed by atoms with Crippen molar-refractivity contribution < 1.29 is 14.2 Å². The van der Waals surface area contributed by atoms with Gasteiger partial charge in [0.05, 0.1) is 26.4 Å². The summed E-state index contributed by atoms with van der Waals surface area (Å²) in [5.74, 6) is 0.913. The first-order chi connectivity index (χ1) is 20.4. The summed E-state index contributed by atoms with van der Waals surface area (Å²) in [6.45, 7) is 13.4. The van der Waals surface area contributed by atoms with Gasteiger partial charge in [0.1, 0.15) is 5.75 Å². The Morgan fingerprint density at radius 3 is 2.02 bits per heavy atom. The van der Waals surface area contributed by atoms with Gasteiger partial charge in [-0.3, -0.25) is 0 Å². The molecule has 7 rings (SSSR count). The third kappa shape index (κ3) is 4.85. The molecular weight excluding hydrogens is 520 g/mol. The third-order valence-corrected chi connectivity index (χ3v) is 8.96. The Morgan fingerprint density at radius 2 is 1.33 bits per heavy atom. The van der Waals surface area contributed by atoms with E-state index < -0.39 is 5.60 Å². The van der Waals surface area contributed by atoms with Crippen LogP contribution in [0.25, 0.3) is 16.8 Å². The maximum absolute atomic E-state index is 7.31. The number of morpholine rings is 2. The van der Waals surface area contributed by atoms with E-state index in [-0.39, 0.29) is 5.41 Å². The Kier molecular flexibility index (Phi) is 6.95. The van der Waals surface area contributed by atoms with Crippen LogP contribution >= 0.6 is 0 Å². The van der Waals surface area contributed by atoms with Gasteiger partial charge in [-0.15, -0.1) is 0 Å². The van der Waals surface area contributed by atoms with Gasteiger partial charge in [0.15, 0.2) is 5.60 Å². The number of benzene rings is 4. The summed E-state index contributed by atoms with van der Waals surface area (Å²) in [4.78, 5) is 4.83. The molecule has 3 heterocycles. The largest absolute Gasteiger partial charge is 0.473 e. The van der Waals surface area contributed by atoms with Gasteiger partial charge in [-0.1, -0.05) is 81.4 Å². The van der Waals surface area contributed by atoms with Crippen molar-refractivity contribution >= 4 is 28.2 Å². The van der Waals surface area contributed by atoms with Gasteiger partial charge in [-0.25, -0.2) is 0 Å². The summed E-state index contributed by atoms with van der Waals surface area (Å²) in [6.07, 6.45) is 4.55. The van der Waals surface area contributed by atoms with Crippen LogP contribution in [0.2, 0.25) is 0 Å². The van der Waals surface area contributed by atoms with Gasteiger partial charge in [-0.2, -0.15) is 0 Å². The molecule has 0 amide bonds. The smallest absolute Gasteiger partial charge is 0.178 e. The van der Waals surface area contributed by atoms with Crippen molar-refractivity contribution in [1.29, 1.82) is 0 Å². The lowest BCUT2D eigenvalue weighted by molar-refractivity contribution is 0.122. The van der Waals surface area contributed by atoms with Crippen molar-refractivity contribution in [3.8, 4) is 5.75 Å². The first-order valence-electron chi connectivity index (χ1n) is 15.2. The van der Waals surface area contributed by atoms with Gasteiger partial charge in [0.25, 0.3) is 0 Å². The second-order valence-electron chi connectivity index (χ2n) is 12.6. The summed E-state index contributed by atoms with van der Waals surface area (Å²) in [5, 5.41) is 2.47. The molecule has 42 heavy (non-hydrogen) atoms. The lowest BCUT2D eigenvalue weighted by atomic mass is 9.79. The van der Waals surface area contributed by atoms with E-state index in [0.29, 0.717) is 0 Å². The summed E-state index contributed by atoms with van der Waals surface area (Å²) < 4.78 is 18.6. The summed E-state index contributed by atoms with van der Waals surface area (Å²) in [6, 6.07) is 28.9. The van der Waals surface area contributed by atoms with Crippen molar-refractivity contribution in [1.82, 2.24) is 0 Å². The van der Waals surface area contributed by atoms with Gasteiger partial charge < -0.3 is 24.0 Å². The van der Waals surface area contributed by atoms with Gasteiger partial charge in [-0.05, 0) is 40.6 Å². The van der Waals surface area contributed by atoms with Crippen molar-refractivity contribution in [3.05, 3.63) is 107 Å². The average Bonchev–Trinajstić information content (AvgIpc) is 3.04. The number of rotatable bonds is 4. The molecule has 4 aromatic carbocycles. The molecule has 1 unspecified atom stereocenters. The minimum atomic E-state index is -0.761. The molecule has 5 heteroatoms. The Balaban J connectivity index is 1.38. The van der Waals surface area contributed by atoms with Crippen LogP contribution in [0, 0.1) is 0 Å². The molecule has 2 saturated heterocycles. The second-order valence-corrected chi connectivity index (χ2v) is 12.6. The minimum absolute atomic E-state index is 0.0212. The van der Waals surface area contributed by atoms with Crippen LogP contribution < -0.4 is 14.5 Å². The number of hydrogen-bond donors (Lipinski definition) is 0. The number of anilines is 2. The SMILES string of the molecule is CC(C)(C)c1cccc(C2(c3ccc(N4CCOCC4)cc3)C=Cc3c(cc(N4CCOCC4)c4ccccc34)O2)c1. The van der Waals surface area contributed by atoms with Crippen LogP contribution in [0.1, 0.15) is 43.0 Å². The summed E-state index contributed by atoms with van der Waals surface area (Å²) >= 11 is 0. The first kappa shape index (κ1) is 27.1. The summed E-state index contributed by atoms with van der Waals surface area (Å²) in [5.41, 5.74) is 6.38. The first-order valence-corrected chi connectivity index (χ1v) is 15.2. The maximum Gasteiger partial charge on any atom is 0.178 e. The molecule has 5 nitrogen and oxygen atoms in total.